The Morgan fingerprint density at radius 1 is 1.43 bits per heavy atom. The number of aromatic hydroxyl groups is 1. The molecule has 1 atom stereocenters. The van der Waals surface area contributed by atoms with Crippen molar-refractivity contribution in [1.29, 1.82) is 0 Å². The highest BCUT2D eigenvalue weighted by molar-refractivity contribution is 7.92. The number of halogens is 1. The zero-order valence-electron chi connectivity index (χ0n) is 11.5. The fraction of sp³-hybridized carbons (Fsp3) is 0.500. The molecular weight excluding hydrogens is 295 g/mol. The summed E-state index contributed by atoms with van der Waals surface area (Å²) in [7, 11) is 0. The number of amides is 1. The van der Waals surface area contributed by atoms with Crippen molar-refractivity contribution in [3.63, 3.8) is 0 Å². The molecule has 2 aliphatic rings. The highest BCUT2D eigenvalue weighted by atomic mass is 32.2. The van der Waals surface area contributed by atoms with E-state index in [-0.39, 0.29) is 18.0 Å². The lowest BCUT2D eigenvalue weighted by Crippen LogP contribution is -2.30. The van der Waals surface area contributed by atoms with E-state index in [1.165, 1.54) is 25.0 Å². The highest BCUT2D eigenvalue weighted by Crippen LogP contribution is 2.36. The van der Waals surface area contributed by atoms with E-state index in [2.05, 4.69) is 4.72 Å². The maximum absolute atomic E-state index is 14.3. The van der Waals surface area contributed by atoms with Crippen LogP contribution in [0, 0.1) is 11.7 Å². The zero-order valence-corrected chi connectivity index (χ0v) is 12.3. The van der Waals surface area contributed by atoms with Gasteiger partial charge in [-0.2, -0.15) is 4.31 Å². The van der Waals surface area contributed by atoms with E-state index in [9.17, 15) is 18.8 Å². The van der Waals surface area contributed by atoms with Gasteiger partial charge in [0.25, 0.3) is 5.91 Å². The van der Waals surface area contributed by atoms with Crippen LogP contribution in [0.15, 0.2) is 12.1 Å². The van der Waals surface area contributed by atoms with E-state index in [0.717, 1.165) is 29.1 Å². The quantitative estimate of drug-likeness (QED) is 0.834. The SMILES string of the molecule is O=C1CN(c2c(O)cc(CC3CCCC3)cc2F)[S+]([O-])N1. The second kappa shape index (κ2) is 5.73. The summed E-state index contributed by atoms with van der Waals surface area (Å²) < 4.78 is 29.2. The Bertz CT molecular complexity index is 540. The summed E-state index contributed by atoms with van der Waals surface area (Å²) in [5.74, 6) is -0.832. The van der Waals surface area contributed by atoms with Crippen molar-refractivity contribution < 1.29 is 18.8 Å². The summed E-state index contributed by atoms with van der Waals surface area (Å²) in [5, 5.41) is 10.1. The van der Waals surface area contributed by atoms with Crippen molar-refractivity contribution in [3.05, 3.63) is 23.5 Å². The van der Waals surface area contributed by atoms with Crippen molar-refractivity contribution >= 4 is 23.1 Å². The molecular formula is C14H17FN2O3S. The van der Waals surface area contributed by atoms with Crippen molar-refractivity contribution in [2.24, 2.45) is 5.92 Å². The fourth-order valence-corrected chi connectivity index (χ4v) is 4.04. The minimum Gasteiger partial charge on any atom is -0.568 e. The molecule has 1 aliphatic heterocycles. The average Bonchev–Trinajstić information content (AvgIpc) is 2.99. The van der Waals surface area contributed by atoms with Gasteiger partial charge in [0.15, 0.2) is 29.6 Å². The Morgan fingerprint density at radius 2 is 2.14 bits per heavy atom. The van der Waals surface area contributed by atoms with Gasteiger partial charge in [-0.3, -0.25) is 4.79 Å². The van der Waals surface area contributed by atoms with Gasteiger partial charge in [-0.15, -0.1) is 4.72 Å². The van der Waals surface area contributed by atoms with Crippen LogP contribution >= 0.6 is 0 Å². The van der Waals surface area contributed by atoms with Gasteiger partial charge in [-0.1, -0.05) is 25.7 Å². The largest absolute Gasteiger partial charge is 0.568 e. The minimum absolute atomic E-state index is 0.179. The molecule has 0 bridgehead atoms. The van der Waals surface area contributed by atoms with Crippen molar-refractivity contribution in [3.8, 4) is 5.75 Å². The predicted octanol–water partition coefficient (Wildman–Crippen LogP) is 1.78. The fourth-order valence-electron chi connectivity index (χ4n) is 3.09. The standard InChI is InChI=1S/C14H17FN2O3S/c15-11-6-10(5-9-3-1-2-4-9)7-12(18)14(11)17-8-13(19)16-21(17)20/h6-7,9,18H,1-5,8H2,(H,16,19). The van der Waals surface area contributed by atoms with E-state index in [1.54, 1.807) is 0 Å². The third kappa shape index (κ3) is 2.94. The van der Waals surface area contributed by atoms with Crippen molar-refractivity contribution in [2.45, 2.75) is 32.1 Å². The number of hydrogen-bond acceptors (Lipinski definition) is 4. The van der Waals surface area contributed by atoms with Crippen LogP contribution in [0.5, 0.6) is 5.75 Å². The van der Waals surface area contributed by atoms with E-state index < -0.39 is 23.3 Å². The molecule has 21 heavy (non-hydrogen) atoms. The molecule has 7 heteroatoms. The summed E-state index contributed by atoms with van der Waals surface area (Å²) >= 11 is -1.84. The zero-order chi connectivity index (χ0) is 15.0. The second-order valence-electron chi connectivity index (χ2n) is 5.61. The van der Waals surface area contributed by atoms with Gasteiger partial charge in [0.05, 0.1) is 0 Å². The normalized spacial score (nSPS) is 22.9. The summed E-state index contributed by atoms with van der Waals surface area (Å²) in [6.07, 6.45) is 5.43. The van der Waals surface area contributed by atoms with E-state index in [0.29, 0.717) is 5.92 Å². The number of carbonyl (C=O) groups is 1. The Hall–Kier alpha value is -1.47. The molecule has 1 aromatic rings. The van der Waals surface area contributed by atoms with Gasteiger partial charge in [0.2, 0.25) is 0 Å². The van der Waals surface area contributed by atoms with Crippen LogP contribution in [0.4, 0.5) is 10.1 Å². The monoisotopic (exact) mass is 312 g/mol. The van der Waals surface area contributed by atoms with E-state index in [4.69, 9.17) is 0 Å². The van der Waals surface area contributed by atoms with Crippen molar-refractivity contribution in [1.82, 2.24) is 4.72 Å². The number of phenols is 1. The van der Waals surface area contributed by atoms with Crippen LogP contribution in [-0.2, 0) is 22.8 Å². The number of nitrogens with one attached hydrogen (secondary N) is 1. The second-order valence-corrected chi connectivity index (χ2v) is 6.75. The van der Waals surface area contributed by atoms with Gasteiger partial charge >= 0.3 is 0 Å². The van der Waals surface area contributed by atoms with Crippen LogP contribution in [0.3, 0.4) is 0 Å². The van der Waals surface area contributed by atoms with E-state index in [1.807, 2.05) is 0 Å². The molecule has 2 fully saturated rings. The molecule has 0 aromatic heterocycles. The topological polar surface area (TPSA) is 75.6 Å². The van der Waals surface area contributed by atoms with Crippen LogP contribution in [0.1, 0.15) is 31.2 Å². The number of benzene rings is 1. The molecule has 1 saturated carbocycles. The minimum atomic E-state index is -1.84. The predicted molar refractivity (Wildman–Crippen MR) is 77.4 cm³/mol. The molecule has 2 N–H and O–H groups in total. The van der Waals surface area contributed by atoms with Gasteiger partial charge in [-0.25, -0.2) is 4.39 Å². The molecule has 1 aliphatic carbocycles. The lowest BCUT2D eigenvalue weighted by atomic mass is 9.97. The van der Waals surface area contributed by atoms with Gasteiger partial charge in [0, 0.05) is 0 Å². The molecule has 5 nitrogen and oxygen atoms in total. The molecule has 1 unspecified atom stereocenters. The first-order valence-corrected chi connectivity index (χ1v) is 8.15. The van der Waals surface area contributed by atoms with Crippen LogP contribution in [0.2, 0.25) is 0 Å². The smallest absolute Gasteiger partial charge is 0.287 e. The summed E-state index contributed by atoms with van der Waals surface area (Å²) in [5.41, 5.74) is 0.562. The molecule has 1 saturated heterocycles. The molecule has 1 aromatic carbocycles. The van der Waals surface area contributed by atoms with Crippen LogP contribution < -0.4 is 9.03 Å². The van der Waals surface area contributed by atoms with Gasteiger partial charge in [-0.05, 0) is 30.0 Å². The summed E-state index contributed by atoms with van der Waals surface area (Å²) in [6, 6.07) is 2.88. The number of carbonyl (C=O) groups excluding carboxylic acids is 1. The Labute approximate surface area is 125 Å². The Balaban J connectivity index is 1.84. The molecule has 1 amide bonds. The van der Waals surface area contributed by atoms with Gasteiger partial charge < -0.3 is 9.66 Å². The molecule has 1 heterocycles. The van der Waals surface area contributed by atoms with Crippen LogP contribution in [0.25, 0.3) is 0 Å². The first-order chi connectivity index (χ1) is 10.0. The first kappa shape index (κ1) is 14.5. The maximum atomic E-state index is 14.3. The lowest BCUT2D eigenvalue weighted by molar-refractivity contribution is -0.117. The third-order valence-corrected chi connectivity index (χ3v) is 5.15. The summed E-state index contributed by atoms with van der Waals surface area (Å²) in [6.45, 7) is -0.223. The number of rotatable bonds is 3. The average molecular weight is 312 g/mol. The first-order valence-electron chi connectivity index (χ1n) is 7.05. The van der Waals surface area contributed by atoms with E-state index >= 15 is 0 Å². The molecule has 3 rings (SSSR count). The highest BCUT2D eigenvalue weighted by Gasteiger charge is 2.37. The molecule has 0 spiro atoms. The van der Waals surface area contributed by atoms with Gasteiger partial charge in [0.1, 0.15) is 5.75 Å². The number of phenolic OH excluding ortho intramolecular Hbond substituents is 1. The summed E-state index contributed by atoms with van der Waals surface area (Å²) in [4.78, 5) is 11.2. The molecule has 114 valence electrons. The number of anilines is 1. The third-order valence-electron chi connectivity index (χ3n) is 4.04. The number of nitrogens with zero attached hydrogens (tertiary/aromatic N) is 1. The Morgan fingerprint density at radius 3 is 2.71 bits per heavy atom. The van der Waals surface area contributed by atoms with Crippen LogP contribution in [-0.4, -0.2) is 22.1 Å². The Kier molecular flexibility index (Phi) is 3.95. The maximum Gasteiger partial charge on any atom is 0.287 e. The molecule has 0 radical (unpaired) electrons. The number of hydrogen-bond donors (Lipinski definition) is 2. The lowest BCUT2D eigenvalue weighted by Gasteiger charge is -2.18. The van der Waals surface area contributed by atoms with Crippen molar-refractivity contribution in [2.75, 3.05) is 10.8 Å².